The fourth-order valence-electron chi connectivity index (χ4n) is 3.89. The molecule has 0 amide bonds. The van der Waals surface area contributed by atoms with Crippen molar-refractivity contribution in [2.75, 3.05) is 57.8 Å². The number of pyridine rings is 1. The van der Waals surface area contributed by atoms with E-state index in [4.69, 9.17) is 0 Å². The Kier molecular flexibility index (Phi) is 6.78. The largest absolute Gasteiger partial charge is 0.373 e. The third-order valence-corrected chi connectivity index (χ3v) is 7.40. The molecule has 0 fully saturated rings. The molecule has 0 radical (unpaired) electrons. The maximum atomic E-state index is 14.7. The minimum Gasteiger partial charge on any atom is -0.373 e. The molecule has 2 N–H and O–H groups in total. The van der Waals surface area contributed by atoms with Crippen LogP contribution in [-0.4, -0.2) is 62.4 Å². The quantitative estimate of drug-likeness (QED) is 0.333. The molecule has 178 valence electrons. The number of halogens is 1. The highest BCUT2D eigenvalue weighted by atomic mass is 31.2. The van der Waals surface area contributed by atoms with E-state index in [1.165, 1.54) is 6.07 Å². The lowest BCUT2D eigenvalue weighted by atomic mass is 10.1. The summed E-state index contributed by atoms with van der Waals surface area (Å²) >= 11 is 0. The predicted molar refractivity (Wildman–Crippen MR) is 142 cm³/mol. The summed E-state index contributed by atoms with van der Waals surface area (Å²) in [6.45, 7) is 5.21. The average molecular weight is 480 g/mol. The zero-order valence-electron chi connectivity index (χ0n) is 20.3. The van der Waals surface area contributed by atoms with Gasteiger partial charge in [0.15, 0.2) is 0 Å². The summed E-state index contributed by atoms with van der Waals surface area (Å²) in [5.74, 6) is -0.434. The number of nitrogens with zero attached hydrogens (tertiary/aromatic N) is 3. The molecule has 4 rings (SSSR count). The fraction of sp³-hybridized carbons (Fsp3) is 0.269. The van der Waals surface area contributed by atoms with Crippen LogP contribution in [0.2, 0.25) is 0 Å². The van der Waals surface area contributed by atoms with Crippen LogP contribution in [0, 0.1) is 5.82 Å². The molecule has 0 bridgehead atoms. The molecular formula is C26H31FN5OP. The zero-order valence-corrected chi connectivity index (χ0v) is 21.2. The summed E-state index contributed by atoms with van der Waals surface area (Å²) < 4.78 is 27.5. The number of aromatic amines is 1. The first kappa shape index (κ1) is 24.0. The molecule has 0 unspecified atom stereocenters. The molecule has 0 atom stereocenters. The number of aromatic nitrogens is 2. The van der Waals surface area contributed by atoms with Gasteiger partial charge in [-0.05, 0) is 69.4 Å². The normalized spacial score (nSPS) is 11.9. The van der Waals surface area contributed by atoms with Gasteiger partial charge in [0.05, 0.1) is 11.4 Å². The maximum Gasteiger partial charge on any atom is 0.147 e. The number of hydrogen-bond donors (Lipinski definition) is 2. The molecule has 2 heterocycles. The van der Waals surface area contributed by atoms with Gasteiger partial charge in [0, 0.05) is 48.4 Å². The summed E-state index contributed by atoms with van der Waals surface area (Å²) in [6, 6.07) is 16.9. The van der Waals surface area contributed by atoms with E-state index in [-0.39, 0.29) is 5.69 Å². The van der Waals surface area contributed by atoms with Gasteiger partial charge in [0.25, 0.3) is 0 Å². The summed E-state index contributed by atoms with van der Waals surface area (Å²) in [5, 5.41) is 4.51. The van der Waals surface area contributed by atoms with E-state index in [0.717, 1.165) is 35.4 Å². The van der Waals surface area contributed by atoms with E-state index in [0.29, 0.717) is 16.6 Å². The number of anilines is 3. The molecule has 2 aromatic carbocycles. The number of nitrogens with one attached hydrogen (secondary N) is 2. The first-order chi connectivity index (χ1) is 16.1. The van der Waals surface area contributed by atoms with Crippen LogP contribution in [0.25, 0.3) is 22.3 Å². The smallest absolute Gasteiger partial charge is 0.147 e. The minimum atomic E-state index is -2.68. The van der Waals surface area contributed by atoms with Crippen molar-refractivity contribution in [3.05, 3.63) is 66.6 Å². The van der Waals surface area contributed by atoms with Gasteiger partial charge in [0.2, 0.25) is 0 Å². The van der Waals surface area contributed by atoms with Crippen LogP contribution in [-0.2, 0) is 4.57 Å². The van der Waals surface area contributed by atoms with E-state index in [9.17, 15) is 8.96 Å². The monoisotopic (exact) mass is 479 g/mol. The van der Waals surface area contributed by atoms with E-state index >= 15 is 0 Å². The number of hydrogen-bond acceptors (Lipinski definition) is 5. The van der Waals surface area contributed by atoms with Crippen molar-refractivity contribution in [1.29, 1.82) is 0 Å². The third kappa shape index (κ3) is 5.16. The molecule has 6 nitrogen and oxygen atoms in total. The van der Waals surface area contributed by atoms with Crippen molar-refractivity contribution >= 4 is 40.5 Å². The second-order valence-electron chi connectivity index (χ2n) is 9.19. The molecule has 2 aromatic heterocycles. The van der Waals surface area contributed by atoms with E-state index in [1.54, 1.807) is 37.7 Å². The number of rotatable bonds is 8. The van der Waals surface area contributed by atoms with Crippen LogP contribution in [0.5, 0.6) is 0 Å². The SMILES string of the molecule is CN(C)CCN(C)c1ccc(-c2cc3c(Nc4c(F)cccc4P(C)(C)=O)ccnc3[nH]2)cc1. The van der Waals surface area contributed by atoms with Crippen LogP contribution in [0.1, 0.15) is 0 Å². The van der Waals surface area contributed by atoms with Crippen molar-refractivity contribution in [1.82, 2.24) is 14.9 Å². The maximum absolute atomic E-state index is 14.7. The first-order valence-electron chi connectivity index (χ1n) is 11.2. The number of H-pyrrole nitrogens is 1. The third-order valence-electron chi connectivity index (χ3n) is 5.87. The van der Waals surface area contributed by atoms with Crippen molar-refractivity contribution in [3.8, 4) is 11.3 Å². The highest BCUT2D eigenvalue weighted by molar-refractivity contribution is 7.70. The Morgan fingerprint density at radius 2 is 1.76 bits per heavy atom. The average Bonchev–Trinajstić information content (AvgIpc) is 3.23. The zero-order chi connectivity index (χ0) is 24.5. The van der Waals surface area contributed by atoms with Crippen LogP contribution < -0.4 is 15.5 Å². The Balaban J connectivity index is 1.65. The van der Waals surface area contributed by atoms with Gasteiger partial charge in [0.1, 0.15) is 18.6 Å². The molecule has 34 heavy (non-hydrogen) atoms. The Labute approximate surface area is 200 Å². The van der Waals surface area contributed by atoms with Crippen molar-refractivity contribution in [2.45, 2.75) is 0 Å². The Bertz CT molecular complexity index is 1340. The lowest BCUT2D eigenvalue weighted by Gasteiger charge is -2.21. The van der Waals surface area contributed by atoms with Crippen molar-refractivity contribution in [2.24, 2.45) is 0 Å². The van der Waals surface area contributed by atoms with Gasteiger partial charge in [-0.1, -0.05) is 18.2 Å². The van der Waals surface area contributed by atoms with E-state index < -0.39 is 13.0 Å². The van der Waals surface area contributed by atoms with E-state index in [1.807, 2.05) is 6.07 Å². The Hall–Kier alpha value is -3.15. The van der Waals surface area contributed by atoms with Crippen LogP contribution in [0.3, 0.4) is 0 Å². The number of para-hydroxylation sites is 1. The van der Waals surface area contributed by atoms with Crippen LogP contribution in [0.4, 0.5) is 21.5 Å². The van der Waals surface area contributed by atoms with Gasteiger partial charge >= 0.3 is 0 Å². The fourth-order valence-corrected chi connectivity index (χ4v) is 5.03. The Morgan fingerprint density at radius 3 is 2.44 bits per heavy atom. The molecule has 8 heteroatoms. The molecule has 4 aromatic rings. The molecular weight excluding hydrogens is 448 g/mol. The van der Waals surface area contributed by atoms with Crippen LogP contribution in [0.15, 0.2) is 60.8 Å². The summed E-state index contributed by atoms with van der Waals surface area (Å²) in [4.78, 5) is 12.2. The number of fused-ring (bicyclic) bond motifs is 1. The van der Waals surface area contributed by atoms with Crippen molar-refractivity contribution < 1.29 is 8.96 Å². The second kappa shape index (κ2) is 9.61. The minimum absolute atomic E-state index is 0.246. The van der Waals surface area contributed by atoms with Gasteiger partial charge in [-0.3, -0.25) is 0 Å². The highest BCUT2D eigenvalue weighted by Crippen LogP contribution is 2.40. The lowest BCUT2D eigenvalue weighted by molar-refractivity contribution is 0.416. The van der Waals surface area contributed by atoms with Crippen LogP contribution >= 0.6 is 7.14 Å². The lowest BCUT2D eigenvalue weighted by Crippen LogP contribution is -2.28. The van der Waals surface area contributed by atoms with E-state index in [2.05, 4.69) is 70.5 Å². The summed E-state index contributed by atoms with van der Waals surface area (Å²) in [6.07, 6.45) is 1.67. The molecule has 0 aliphatic carbocycles. The molecule has 0 spiro atoms. The second-order valence-corrected chi connectivity index (χ2v) is 12.4. The summed E-state index contributed by atoms with van der Waals surface area (Å²) in [7, 11) is 3.55. The number of likely N-dealkylation sites (N-methyl/N-ethyl adjacent to an activating group) is 2. The molecule has 0 aliphatic rings. The molecule has 0 saturated heterocycles. The van der Waals surface area contributed by atoms with Gasteiger partial charge in [-0.2, -0.15) is 0 Å². The van der Waals surface area contributed by atoms with Gasteiger partial charge < -0.3 is 24.7 Å². The molecule has 0 saturated carbocycles. The summed E-state index contributed by atoms with van der Waals surface area (Å²) in [5.41, 5.74) is 4.75. The van der Waals surface area contributed by atoms with Crippen molar-refractivity contribution in [3.63, 3.8) is 0 Å². The molecule has 0 aliphatic heterocycles. The topological polar surface area (TPSA) is 64.3 Å². The standard InChI is InChI=1S/C26H31FN5OP/c1-31(2)15-16-32(3)19-11-9-18(10-12-19)23-17-20-22(13-14-28-26(20)30-23)29-25-21(27)7-6-8-24(25)34(4,5)33/h6-14,17H,15-16H2,1-5H3,(H2,28,29,30). The van der Waals surface area contributed by atoms with Gasteiger partial charge in [-0.25, -0.2) is 9.37 Å². The van der Waals surface area contributed by atoms with Gasteiger partial charge in [-0.15, -0.1) is 0 Å². The Morgan fingerprint density at radius 1 is 1.03 bits per heavy atom. The number of benzene rings is 2. The first-order valence-corrected chi connectivity index (χ1v) is 13.8. The predicted octanol–water partition coefficient (Wildman–Crippen LogP) is 5.36. The highest BCUT2D eigenvalue weighted by Gasteiger charge is 2.20.